The van der Waals surface area contributed by atoms with Crippen molar-refractivity contribution < 1.29 is 9.13 Å². The van der Waals surface area contributed by atoms with Gasteiger partial charge in [-0.3, -0.25) is 0 Å². The molecule has 0 radical (unpaired) electrons. The molecule has 0 saturated carbocycles. The average Bonchev–Trinajstić information content (AvgIpc) is 2.31. The highest BCUT2D eigenvalue weighted by atomic mass is 35.5. The standard InChI is InChI=1S/C11H9ClFN3O/c1-14-10-9(6-15-11(12)16-10)17-8-4-2-3-7(13)5-8/h2-6H,1H3,(H,14,15,16). The van der Waals surface area contributed by atoms with Crippen molar-refractivity contribution in [3.63, 3.8) is 0 Å². The van der Waals surface area contributed by atoms with Gasteiger partial charge in [-0.2, -0.15) is 4.98 Å². The predicted octanol–water partition coefficient (Wildman–Crippen LogP) is 3.10. The van der Waals surface area contributed by atoms with Gasteiger partial charge in [-0.05, 0) is 23.7 Å². The van der Waals surface area contributed by atoms with Gasteiger partial charge in [0.25, 0.3) is 0 Å². The van der Waals surface area contributed by atoms with E-state index in [1.165, 1.54) is 18.3 Å². The van der Waals surface area contributed by atoms with Gasteiger partial charge in [-0.15, -0.1) is 0 Å². The molecule has 0 bridgehead atoms. The van der Waals surface area contributed by atoms with E-state index in [4.69, 9.17) is 16.3 Å². The topological polar surface area (TPSA) is 47.0 Å². The van der Waals surface area contributed by atoms with E-state index in [-0.39, 0.29) is 11.1 Å². The van der Waals surface area contributed by atoms with Gasteiger partial charge in [-0.25, -0.2) is 9.37 Å². The van der Waals surface area contributed by atoms with Gasteiger partial charge in [0, 0.05) is 13.1 Å². The number of anilines is 1. The van der Waals surface area contributed by atoms with Crippen molar-refractivity contribution in [1.82, 2.24) is 9.97 Å². The summed E-state index contributed by atoms with van der Waals surface area (Å²) in [5.41, 5.74) is 0. The molecule has 0 spiro atoms. The number of halogens is 2. The third kappa shape index (κ3) is 2.82. The summed E-state index contributed by atoms with van der Waals surface area (Å²) < 4.78 is 18.4. The van der Waals surface area contributed by atoms with Crippen LogP contribution in [0.15, 0.2) is 30.5 Å². The van der Waals surface area contributed by atoms with E-state index >= 15 is 0 Å². The maximum atomic E-state index is 13.0. The molecule has 2 aromatic rings. The van der Waals surface area contributed by atoms with Crippen LogP contribution in [0.2, 0.25) is 5.28 Å². The van der Waals surface area contributed by atoms with E-state index in [0.717, 1.165) is 0 Å². The highest BCUT2D eigenvalue weighted by Crippen LogP contribution is 2.27. The van der Waals surface area contributed by atoms with Crippen molar-refractivity contribution in [2.45, 2.75) is 0 Å². The molecule has 6 heteroatoms. The molecule has 88 valence electrons. The Hall–Kier alpha value is -1.88. The quantitative estimate of drug-likeness (QED) is 0.854. The fourth-order valence-electron chi connectivity index (χ4n) is 1.26. The predicted molar refractivity (Wildman–Crippen MR) is 63.1 cm³/mol. The van der Waals surface area contributed by atoms with Gasteiger partial charge in [0.1, 0.15) is 11.6 Å². The normalized spacial score (nSPS) is 10.1. The van der Waals surface area contributed by atoms with Crippen LogP contribution >= 0.6 is 11.6 Å². The molecule has 0 fully saturated rings. The van der Waals surface area contributed by atoms with Crippen LogP contribution in [-0.2, 0) is 0 Å². The number of hydrogen-bond acceptors (Lipinski definition) is 4. The number of benzene rings is 1. The van der Waals surface area contributed by atoms with Crippen LogP contribution in [0, 0.1) is 5.82 Å². The van der Waals surface area contributed by atoms with Crippen molar-refractivity contribution in [2.24, 2.45) is 0 Å². The lowest BCUT2D eigenvalue weighted by atomic mass is 10.3. The van der Waals surface area contributed by atoms with Crippen molar-refractivity contribution in [2.75, 3.05) is 12.4 Å². The molecule has 1 heterocycles. The second kappa shape index (κ2) is 4.97. The van der Waals surface area contributed by atoms with Crippen LogP contribution in [0.1, 0.15) is 0 Å². The third-order valence-electron chi connectivity index (χ3n) is 1.99. The summed E-state index contributed by atoms with van der Waals surface area (Å²) in [5.74, 6) is 0.813. The summed E-state index contributed by atoms with van der Waals surface area (Å²) in [5, 5.41) is 2.93. The first kappa shape index (κ1) is 11.6. The van der Waals surface area contributed by atoms with E-state index in [9.17, 15) is 4.39 Å². The Labute approximate surface area is 102 Å². The molecule has 4 nitrogen and oxygen atoms in total. The molecule has 0 aliphatic carbocycles. The largest absolute Gasteiger partial charge is 0.452 e. The van der Waals surface area contributed by atoms with Crippen LogP contribution in [0.5, 0.6) is 11.5 Å². The lowest BCUT2D eigenvalue weighted by Gasteiger charge is -2.09. The maximum absolute atomic E-state index is 13.0. The van der Waals surface area contributed by atoms with Crippen molar-refractivity contribution >= 4 is 17.4 Å². The zero-order valence-electron chi connectivity index (χ0n) is 8.95. The zero-order valence-corrected chi connectivity index (χ0v) is 9.70. The Kier molecular flexibility index (Phi) is 3.39. The van der Waals surface area contributed by atoms with E-state index < -0.39 is 0 Å². The van der Waals surface area contributed by atoms with Crippen LogP contribution in [0.25, 0.3) is 0 Å². The van der Waals surface area contributed by atoms with Gasteiger partial charge < -0.3 is 10.1 Å². The molecule has 0 amide bonds. The van der Waals surface area contributed by atoms with Gasteiger partial charge in [0.15, 0.2) is 11.6 Å². The van der Waals surface area contributed by atoms with Crippen molar-refractivity contribution in [1.29, 1.82) is 0 Å². The van der Waals surface area contributed by atoms with E-state index in [2.05, 4.69) is 15.3 Å². The summed E-state index contributed by atoms with van der Waals surface area (Å²) in [6.45, 7) is 0. The molecule has 0 aliphatic rings. The fraction of sp³-hybridized carbons (Fsp3) is 0.0909. The Morgan fingerprint density at radius 1 is 1.41 bits per heavy atom. The molecule has 2 rings (SSSR count). The van der Waals surface area contributed by atoms with E-state index in [1.807, 2.05) is 0 Å². The lowest BCUT2D eigenvalue weighted by Crippen LogP contribution is -1.98. The Balaban J connectivity index is 2.29. The summed E-state index contributed by atoms with van der Waals surface area (Å²) in [6.07, 6.45) is 1.42. The number of ether oxygens (including phenoxy) is 1. The first-order valence-electron chi connectivity index (χ1n) is 4.83. The fourth-order valence-corrected chi connectivity index (χ4v) is 1.39. The number of hydrogen-bond donors (Lipinski definition) is 1. The summed E-state index contributed by atoms with van der Waals surface area (Å²) in [7, 11) is 1.68. The second-order valence-corrected chi connectivity index (χ2v) is 3.50. The van der Waals surface area contributed by atoms with Crippen LogP contribution in [0.4, 0.5) is 10.2 Å². The number of nitrogens with zero attached hydrogens (tertiary/aromatic N) is 2. The molecule has 17 heavy (non-hydrogen) atoms. The molecule has 1 aromatic heterocycles. The third-order valence-corrected chi connectivity index (χ3v) is 2.17. The van der Waals surface area contributed by atoms with Crippen LogP contribution in [-0.4, -0.2) is 17.0 Å². The van der Waals surface area contributed by atoms with Crippen LogP contribution in [0.3, 0.4) is 0 Å². The monoisotopic (exact) mass is 253 g/mol. The van der Waals surface area contributed by atoms with Crippen LogP contribution < -0.4 is 10.1 Å². The SMILES string of the molecule is CNc1nc(Cl)ncc1Oc1cccc(F)c1. The zero-order chi connectivity index (χ0) is 12.3. The molecule has 1 aromatic carbocycles. The average molecular weight is 254 g/mol. The number of rotatable bonds is 3. The molecular weight excluding hydrogens is 245 g/mol. The van der Waals surface area contributed by atoms with E-state index in [0.29, 0.717) is 17.3 Å². The minimum Gasteiger partial charge on any atom is -0.452 e. The molecule has 0 unspecified atom stereocenters. The van der Waals surface area contributed by atoms with Gasteiger partial charge >= 0.3 is 0 Å². The maximum Gasteiger partial charge on any atom is 0.224 e. The molecule has 0 aliphatic heterocycles. The number of aromatic nitrogens is 2. The molecule has 0 saturated heterocycles. The summed E-state index contributed by atoms with van der Waals surface area (Å²) >= 11 is 5.65. The first-order chi connectivity index (χ1) is 8.19. The van der Waals surface area contributed by atoms with Gasteiger partial charge in [-0.1, -0.05) is 6.07 Å². The number of nitrogens with one attached hydrogen (secondary N) is 1. The Morgan fingerprint density at radius 2 is 2.24 bits per heavy atom. The van der Waals surface area contributed by atoms with Crippen molar-refractivity contribution in [3.8, 4) is 11.5 Å². The Morgan fingerprint density at radius 3 is 2.94 bits per heavy atom. The lowest BCUT2D eigenvalue weighted by molar-refractivity contribution is 0.474. The summed E-state index contributed by atoms with van der Waals surface area (Å²) in [6, 6.07) is 5.80. The molecule has 0 atom stereocenters. The smallest absolute Gasteiger partial charge is 0.224 e. The Bertz CT molecular complexity index is 536. The second-order valence-electron chi connectivity index (χ2n) is 3.16. The van der Waals surface area contributed by atoms with Gasteiger partial charge in [0.05, 0.1) is 6.20 Å². The molecule has 1 N–H and O–H groups in total. The first-order valence-corrected chi connectivity index (χ1v) is 5.20. The summed E-state index contributed by atoms with van der Waals surface area (Å²) in [4.78, 5) is 7.74. The molecular formula is C11H9ClFN3O. The highest BCUT2D eigenvalue weighted by Gasteiger charge is 2.07. The van der Waals surface area contributed by atoms with Gasteiger partial charge in [0.2, 0.25) is 5.28 Å². The minimum atomic E-state index is -0.372. The minimum absolute atomic E-state index is 0.112. The van der Waals surface area contributed by atoms with E-state index in [1.54, 1.807) is 19.2 Å². The van der Waals surface area contributed by atoms with Crippen molar-refractivity contribution in [3.05, 3.63) is 41.6 Å². The highest BCUT2D eigenvalue weighted by molar-refractivity contribution is 6.28.